The molecule has 0 saturated heterocycles. The highest BCUT2D eigenvalue weighted by Gasteiger charge is 2.23. The maximum Gasteiger partial charge on any atom is 0.255 e. The van der Waals surface area contributed by atoms with Crippen LogP contribution in [0.1, 0.15) is 28.2 Å². The van der Waals surface area contributed by atoms with Crippen LogP contribution in [-0.4, -0.2) is 46.3 Å². The van der Waals surface area contributed by atoms with E-state index in [9.17, 15) is 9.90 Å². The molecule has 1 aliphatic heterocycles. The third-order valence-corrected chi connectivity index (χ3v) is 5.49. The van der Waals surface area contributed by atoms with Gasteiger partial charge in [0.15, 0.2) is 0 Å². The van der Waals surface area contributed by atoms with Gasteiger partial charge in [-0.05, 0) is 29.7 Å². The number of methoxy groups -OCH3 is 1. The molecule has 1 aliphatic rings. The van der Waals surface area contributed by atoms with E-state index in [1.165, 1.54) is 0 Å². The second-order valence-electron chi connectivity index (χ2n) is 7.79. The van der Waals surface area contributed by atoms with Gasteiger partial charge in [0.25, 0.3) is 5.56 Å². The summed E-state index contributed by atoms with van der Waals surface area (Å²) in [6.07, 6.45) is 1.41. The van der Waals surface area contributed by atoms with Gasteiger partial charge in [0.2, 0.25) is 0 Å². The molecule has 2 N–H and O–H groups in total. The average molecular weight is 405 g/mol. The van der Waals surface area contributed by atoms with Crippen LogP contribution in [0.4, 0.5) is 0 Å². The lowest BCUT2D eigenvalue weighted by Gasteiger charge is -2.29. The molecule has 156 valence electrons. The summed E-state index contributed by atoms with van der Waals surface area (Å²) in [6, 6.07) is 17.8. The molecule has 0 aliphatic carbocycles. The number of aromatic amines is 1. The zero-order valence-electron chi connectivity index (χ0n) is 17.2. The summed E-state index contributed by atoms with van der Waals surface area (Å²) < 4.78 is 5.27. The highest BCUT2D eigenvalue weighted by molar-refractivity contribution is 5.31. The number of fused-ring (bicyclic) bond motifs is 1. The van der Waals surface area contributed by atoms with Gasteiger partial charge in [-0.25, -0.2) is 4.98 Å². The van der Waals surface area contributed by atoms with Crippen LogP contribution in [0.25, 0.3) is 0 Å². The van der Waals surface area contributed by atoms with Gasteiger partial charge in [-0.15, -0.1) is 0 Å². The zero-order valence-corrected chi connectivity index (χ0v) is 17.2. The molecule has 30 heavy (non-hydrogen) atoms. The Morgan fingerprint density at radius 1 is 1.17 bits per heavy atom. The van der Waals surface area contributed by atoms with Gasteiger partial charge in [0.1, 0.15) is 11.6 Å². The normalized spacial score (nSPS) is 14.9. The third kappa shape index (κ3) is 4.96. The standard InChI is InChI=1S/C24H27N3O3/c1-30-20-9-5-8-18(13-20)14-23-25-22-10-11-27(16-21(22)24(29)26-23)15-19(28)12-17-6-3-2-4-7-17/h2-9,13,19,28H,10-12,14-16H2,1H3,(H,25,26,29)/t19-/m0/s1. The molecule has 0 amide bonds. The fourth-order valence-electron chi connectivity index (χ4n) is 4.00. The molecule has 3 aromatic rings. The van der Waals surface area contributed by atoms with Crippen molar-refractivity contribution in [2.45, 2.75) is 31.9 Å². The number of nitrogens with one attached hydrogen (secondary N) is 1. The molecule has 1 atom stereocenters. The number of aliphatic hydroxyl groups is 1. The maximum atomic E-state index is 12.7. The Labute approximate surface area is 176 Å². The van der Waals surface area contributed by atoms with Crippen molar-refractivity contribution in [3.8, 4) is 5.75 Å². The summed E-state index contributed by atoms with van der Waals surface area (Å²) in [6.45, 7) is 1.84. The van der Waals surface area contributed by atoms with Crippen molar-refractivity contribution in [3.05, 3.63) is 93.2 Å². The summed E-state index contributed by atoms with van der Waals surface area (Å²) >= 11 is 0. The number of ether oxygens (including phenoxy) is 1. The number of benzene rings is 2. The van der Waals surface area contributed by atoms with E-state index in [0.717, 1.165) is 29.1 Å². The molecule has 0 fully saturated rings. The smallest absolute Gasteiger partial charge is 0.255 e. The monoisotopic (exact) mass is 405 g/mol. The molecule has 0 radical (unpaired) electrons. The first-order valence-corrected chi connectivity index (χ1v) is 10.3. The van der Waals surface area contributed by atoms with E-state index in [1.54, 1.807) is 7.11 Å². The van der Waals surface area contributed by atoms with Gasteiger partial charge in [-0.1, -0.05) is 42.5 Å². The molecule has 0 saturated carbocycles. The number of aliphatic hydroxyl groups excluding tert-OH is 1. The van der Waals surface area contributed by atoms with Crippen molar-refractivity contribution in [2.75, 3.05) is 20.2 Å². The molecule has 6 nitrogen and oxygen atoms in total. The Morgan fingerprint density at radius 3 is 2.77 bits per heavy atom. The van der Waals surface area contributed by atoms with Crippen LogP contribution in [0.2, 0.25) is 0 Å². The van der Waals surface area contributed by atoms with Crippen molar-refractivity contribution >= 4 is 0 Å². The van der Waals surface area contributed by atoms with Gasteiger partial charge in [0.05, 0.1) is 24.5 Å². The number of aromatic nitrogens is 2. The Balaban J connectivity index is 1.42. The van der Waals surface area contributed by atoms with Crippen LogP contribution in [-0.2, 0) is 25.8 Å². The van der Waals surface area contributed by atoms with Gasteiger partial charge in [-0.2, -0.15) is 0 Å². The molecule has 4 rings (SSSR count). The predicted molar refractivity (Wildman–Crippen MR) is 116 cm³/mol. The number of H-pyrrole nitrogens is 1. The summed E-state index contributed by atoms with van der Waals surface area (Å²) in [5.74, 6) is 1.46. The SMILES string of the molecule is COc1cccc(Cc2nc3c(c(=O)[nH]2)CN(C[C@@H](O)Cc2ccccc2)CC3)c1. The summed E-state index contributed by atoms with van der Waals surface area (Å²) in [5, 5.41) is 10.5. The predicted octanol–water partition coefficient (Wildman–Crippen LogP) is 2.33. The van der Waals surface area contributed by atoms with Crippen LogP contribution in [0.3, 0.4) is 0 Å². The second kappa shape index (κ2) is 9.24. The molecule has 0 unspecified atom stereocenters. The van der Waals surface area contributed by atoms with Crippen LogP contribution in [0.15, 0.2) is 59.4 Å². The highest BCUT2D eigenvalue weighted by atomic mass is 16.5. The van der Waals surface area contributed by atoms with E-state index >= 15 is 0 Å². The van der Waals surface area contributed by atoms with E-state index < -0.39 is 6.10 Å². The summed E-state index contributed by atoms with van der Waals surface area (Å²) in [7, 11) is 1.64. The fourth-order valence-corrected chi connectivity index (χ4v) is 4.00. The molecule has 0 bridgehead atoms. The lowest BCUT2D eigenvalue weighted by molar-refractivity contribution is 0.105. The van der Waals surface area contributed by atoms with Crippen LogP contribution in [0.5, 0.6) is 5.75 Å². The number of hydrogen-bond acceptors (Lipinski definition) is 5. The van der Waals surface area contributed by atoms with Crippen LogP contribution >= 0.6 is 0 Å². The quantitative estimate of drug-likeness (QED) is 0.631. The Morgan fingerprint density at radius 2 is 1.97 bits per heavy atom. The molecule has 1 aromatic heterocycles. The Hall–Kier alpha value is -2.96. The van der Waals surface area contributed by atoms with E-state index in [1.807, 2.05) is 54.6 Å². The molecular formula is C24H27N3O3. The van der Waals surface area contributed by atoms with Crippen molar-refractivity contribution in [3.63, 3.8) is 0 Å². The first-order chi connectivity index (χ1) is 14.6. The number of β-amino-alcohol motifs (C(OH)–C–C–N with tert-alkyl or cyclic N) is 1. The van der Waals surface area contributed by atoms with Crippen molar-refractivity contribution in [1.29, 1.82) is 0 Å². The first-order valence-electron chi connectivity index (χ1n) is 10.3. The molecule has 6 heteroatoms. The molecule has 0 spiro atoms. The van der Waals surface area contributed by atoms with Crippen LogP contribution in [0, 0.1) is 0 Å². The minimum Gasteiger partial charge on any atom is -0.497 e. The van der Waals surface area contributed by atoms with Crippen LogP contribution < -0.4 is 10.3 Å². The first kappa shape index (κ1) is 20.3. The van der Waals surface area contributed by atoms with E-state index in [4.69, 9.17) is 9.72 Å². The van der Waals surface area contributed by atoms with Crippen molar-refractivity contribution in [2.24, 2.45) is 0 Å². The molecule has 2 aromatic carbocycles. The van der Waals surface area contributed by atoms with E-state index in [0.29, 0.717) is 43.7 Å². The lowest BCUT2D eigenvalue weighted by Crippen LogP contribution is -2.40. The highest BCUT2D eigenvalue weighted by Crippen LogP contribution is 2.18. The molecule has 2 heterocycles. The number of nitrogens with zero attached hydrogens (tertiary/aromatic N) is 2. The number of rotatable bonds is 7. The minimum atomic E-state index is -0.465. The summed E-state index contributed by atoms with van der Waals surface area (Å²) in [4.78, 5) is 22.5. The zero-order chi connectivity index (χ0) is 20.9. The van der Waals surface area contributed by atoms with E-state index in [2.05, 4.69) is 9.88 Å². The number of hydrogen-bond donors (Lipinski definition) is 2. The second-order valence-corrected chi connectivity index (χ2v) is 7.79. The van der Waals surface area contributed by atoms with Crippen molar-refractivity contribution < 1.29 is 9.84 Å². The third-order valence-electron chi connectivity index (χ3n) is 5.49. The van der Waals surface area contributed by atoms with Gasteiger partial charge < -0.3 is 14.8 Å². The molecular weight excluding hydrogens is 378 g/mol. The largest absolute Gasteiger partial charge is 0.497 e. The maximum absolute atomic E-state index is 12.7. The minimum absolute atomic E-state index is 0.0832. The Kier molecular flexibility index (Phi) is 6.26. The average Bonchev–Trinajstić information content (AvgIpc) is 2.75. The van der Waals surface area contributed by atoms with Crippen molar-refractivity contribution in [1.82, 2.24) is 14.9 Å². The van der Waals surface area contributed by atoms with Gasteiger partial charge in [0, 0.05) is 32.5 Å². The van der Waals surface area contributed by atoms with Gasteiger partial charge in [-0.3, -0.25) is 9.69 Å². The fraction of sp³-hybridized carbons (Fsp3) is 0.333. The summed E-state index contributed by atoms with van der Waals surface area (Å²) in [5.41, 5.74) is 3.65. The Bertz CT molecular complexity index is 1050. The lowest BCUT2D eigenvalue weighted by atomic mass is 10.0. The van der Waals surface area contributed by atoms with Gasteiger partial charge >= 0.3 is 0 Å². The van der Waals surface area contributed by atoms with E-state index in [-0.39, 0.29) is 5.56 Å². The topological polar surface area (TPSA) is 78.5 Å².